The minimum Gasteiger partial charge on any atom is -0.380 e. The van der Waals surface area contributed by atoms with E-state index in [2.05, 4.69) is 56.2 Å². The summed E-state index contributed by atoms with van der Waals surface area (Å²) in [5.41, 5.74) is -0.293. The third kappa shape index (κ3) is 14.4. The van der Waals surface area contributed by atoms with Crippen LogP contribution in [0.5, 0.6) is 0 Å². The number of carbonyl (C=O) groups is 5. The lowest BCUT2D eigenvalue weighted by Crippen LogP contribution is -2.58. The van der Waals surface area contributed by atoms with Crippen molar-refractivity contribution in [3.8, 4) is 0 Å². The number of hydrogen-bond acceptors (Lipinski definition) is 15. The molecule has 462 valence electrons. The van der Waals surface area contributed by atoms with Crippen LogP contribution in [-0.4, -0.2) is 160 Å². The van der Waals surface area contributed by atoms with Gasteiger partial charge in [0.25, 0.3) is 37.6 Å². The van der Waals surface area contributed by atoms with Crippen LogP contribution in [0.1, 0.15) is 102 Å². The number of benzene rings is 5. The molecule has 3 saturated heterocycles. The number of imide groups is 2. The summed E-state index contributed by atoms with van der Waals surface area (Å²) in [5.74, 6) is -2.64. The molecule has 4 heterocycles. The van der Waals surface area contributed by atoms with Crippen molar-refractivity contribution >= 4 is 89.8 Å². The monoisotopic (exact) mass is 1270 g/mol. The first-order valence-electron chi connectivity index (χ1n) is 28.9. The number of anilines is 2. The molecular formula is C62H69ClF3N9O9S3. The molecule has 25 heteroatoms. The molecule has 5 aromatic carbocycles. The number of sulfone groups is 1. The molecule has 3 atom stereocenters. The molecule has 0 saturated carbocycles. The minimum absolute atomic E-state index is 0.0384. The number of sulfonamides is 1. The van der Waals surface area contributed by atoms with Crippen LogP contribution in [0.15, 0.2) is 136 Å². The number of piperazine rings is 2. The van der Waals surface area contributed by atoms with Crippen molar-refractivity contribution in [2.24, 2.45) is 5.41 Å². The quantitative estimate of drug-likeness (QED) is 0.0519. The van der Waals surface area contributed by atoms with Gasteiger partial charge < -0.3 is 10.2 Å². The van der Waals surface area contributed by atoms with E-state index in [0.29, 0.717) is 56.8 Å². The zero-order valence-electron chi connectivity index (χ0n) is 48.6. The number of fused-ring (bicyclic) bond motifs is 1. The van der Waals surface area contributed by atoms with E-state index in [0.717, 1.165) is 77.2 Å². The average Bonchev–Trinajstić information content (AvgIpc) is 1.90. The number of allylic oxidation sites excluding steroid dienone is 1. The Hall–Kier alpha value is -6.80. The van der Waals surface area contributed by atoms with Crippen molar-refractivity contribution < 1.29 is 54.0 Å². The van der Waals surface area contributed by atoms with Gasteiger partial charge in [-0.25, -0.2) is 31.4 Å². The van der Waals surface area contributed by atoms with Gasteiger partial charge in [-0.15, -0.1) is 11.8 Å². The lowest BCUT2D eigenvalue weighted by molar-refractivity contribution is -0.122. The SMILES string of the molecule is CC1CN(Cc2ccc3c(c2)C(=O)N(N2CCC(=O)NC2=O)C3=O)CC(C)N1CC[C@H](CSc1ccccc1)Nc1ccc(S(=O)(=O)NC(=O)c2ccc(N3CCN(CC4=C(c5ccc(Cl)cc5)CCC(C)(C)C4)CC3)cc2)cc1S(=O)(=O)C(F)(F)F. The zero-order chi connectivity index (χ0) is 62.2. The fraction of sp³-hybridized carbons (Fsp3) is 0.403. The molecule has 0 radical (unpaired) electrons. The Bertz CT molecular complexity index is 3710. The molecule has 18 nitrogen and oxygen atoms in total. The van der Waals surface area contributed by atoms with Crippen molar-refractivity contribution in [2.75, 3.05) is 74.9 Å². The smallest absolute Gasteiger partial charge is 0.380 e. The molecule has 0 spiro atoms. The molecule has 3 fully saturated rings. The molecule has 4 aliphatic heterocycles. The van der Waals surface area contributed by atoms with Gasteiger partial charge in [-0.1, -0.05) is 67.4 Å². The topological polar surface area (TPSA) is 209 Å². The Kier molecular flexibility index (Phi) is 18.7. The van der Waals surface area contributed by atoms with E-state index in [1.807, 2.05) is 61.0 Å². The number of hydrazine groups is 1. The van der Waals surface area contributed by atoms with Crippen molar-refractivity contribution in [1.29, 1.82) is 0 Å². The molecule has 2 unspecified atom stereocenters. The second-order valence-electron chi connectivity index (χ2n) is 23.7. The van der Waals surface area contributed by atoms with Crippen molar-refractivity contribution in [3.63, 3.8) is 0 Å². The summed E-state index contributed by atoms with van der Waals surface area (Å²) < 4.78 is 100. The lowest BCUT2D eigenvalue weighted by atomic mass is 9.73. The Morgan fingerprint density at radius 3 is 2.13 bits per heavy atom. The largest absolute Gasteiger partial charge is 0.501 e. The Morgan fingerprint density at radius 1 is 0.782 bits per heavy atom. The van der Waals surface area contributed by atoms with Gasteiger partial charge in [0, 0.05) is 110 Å². The number of thioether (sulfide) groups is 1. The number of nitrogens with one attached hydrogen (secondary N) is 3. The Labute approximate surface area is 514 Å². The molecule has 10 rings (SSSR count). The van der Waals surface area contributed by atoms with E-state index in [1.54, 1.807) is 30.3 Å². The van der Waals surface area contributed by atoms with Gasteiger partial charge in [0.05, 0.1) is 28.3 Å². The molecule has 0 bridgehead atoms. The summed E-state index contributed by atoms with van der Waals surface area (Å²) in [6, 6.07) is 29.3. The highest BCUT2D eigenvalue weighted by Gasteiger charge is 2.49. The maximum Gasteiger partial charge on any atom is 0.501 e. The molecule has 87 heavy (non-hydrogen) atoms. The zero-order valence-corrected chi connectivity index (χ0v) is 51.8. The Balaban J connectivity index is 0.788. The first kappa shape index (κ1) is 63.2. The number of halogens is 4. The first-order valence-corrected chi connectivity index (χ1v) is 33.2. The van der Waals surface area contributed by atoms with E-state index in [1.165, 1.54) is 40.6 Å². The van der Waals surface area contributed by atoms with Crippen molar-refractivity contribution in [1.82, 2.24) is 34.8 Å². The number of hydrogen-bond donors (Lipinski definition) is 3. The fourth-order valence-corrected chi connectivity index (χ4v) is 15.4. The molecule has 1 aliphatic carbocycles. The molecule has 0 aromatic heterocycles. The predicted octanol–water partition coefficient (Wildman–Crippen LogP) is 9.55. The molecule has 3 N–H and O–H groups in total. The highest BCUT2D eigenvalue weighted by molar-refractivity contribution is 7.99. The van der Waals surface area contributed by atoms with Crippen LogP contribution in [0.25, 0.3) is 5.57 Å². The second kappa shape index (κ2) is 25.7. The van der Waals surface area contributed by atoms with E-state index >= 15 is 0 Å². The molecule has 5 aliphatic rings. The highest BCUT2D eigenvalue weighted by atomic mass is 35.5. The van der Waals surface area contributed by atoms with Gasteiger partial charge in [-0.2, -0.15) is 18.2 Å². The number of rotatable bonds is 19. The van der Waals surface area contributed by atoms with Crippen LogP contribution >= 0.6 is 23.4 Å². The van der Waals surface area contributed by atoms with E-state index < -0.39 is 76.5 Å². The summed E-state index contributed by atoms with van der Waals surface area (Å²) in [6.45, 7) is 14.4. The van der Waals surface area contributed by atoms with Crippen LogP contribution in [0.3, 0.4) is 0 Å². The minimum atomic E-state index is -6.18. The van der Waals surface area contributed by atoms with Crippen LogP contribution in [-0.2, 0) is 31.2 Å². The van der Waals surface area contributed by atoms with Crippen molar-refractivity contribution in [3.05, 3.63) is 154 Å². The summed E-state index contributed by atoms with van der Waals surface area (Å²) in [7, 11) is -11.1. The summed E-state index contributed by atoms with van der Waals surface area (Å²) >= 11 is 7.62. The predicted molar refractivity (Wildman–Crippen MR) is 327 cm³/mol. The maximum atomic E-state index is 14.6. The number of carbonyl (C=O) groups excluding carboxylic acids is 5. The van der Waals surface area contributed by atoms with Gasteiger partial charge in [0.2, 0.25) is 5.91 Å². The summed E-state index contributed by atoms with van der Waals surface area (Å²) in [6.07, 6.45) is 3.34. The van der Waals surface area contributed by atoms with Gasteiger partial charge in [-0.05, 0) is 141 Å². The van der Waals surface area contributed by atoms with Crippen molar-refractivity contribution in [2.45, 2.75) is 105 Å². The van der Waals surface area contributed by atoms with Crippen LogP contribution in [0.4, 0.5) is 29.3 Å². The third-order valence-electron chi connectivity index (χ3n) is 16.8. The highest BCUT2D eigenvalue weighted by Crippen LogP contribution is 2.43. The van der Waals surface area contributed by atoms with Gasteiger partial charge in [0.15, 0.2) is 0 Å². The third-order valence-corrected chi connectivity index (χ3v) is 21.1. The number of nitrogens with zero attached hydrogens (tertiary/aromatic N) is 6. The fourth-order valence-electron chi connectivity index (χ4n) is 12.3. The van der Waals surface area contributed by atoms with Gasteiger partial charge in [-0.3, -0.25) is 39.2 Å². The Morgan fingerprint density at radius 2 is 1.46 bits per heavy atom. The maximum absolute atomic E-state index is 14.6. The number of alkyl halides is 3. The summed E-state index contributed by atoms with van der Waals surface area (Å²) in [5, 5.41) is 7.57. The summed E-state index contributed by atoms with van der Waals surface area (Å²) in [4.78, 5) is 72.4. The number of urea groups is 1. The molecule has 5 aromatic rings. The van der Waals surface area contributed by atoms with Crippen LogP contribution < -0.4 is 20.3 Å². The van der Waals surface area contributed by atoms with E-state index in [9.17, 15) is 54.0 Å². The van der Waals surface area contributed by atoms with Gasteiger partial charge >= 0.3 is 11.5 Å². The van der Waals surface area contributed by atoms with E-state index in [-0.39, 0.29) is 52.9 Å². The average molecular weight is 1270 g/mol. The van der Waals surface area contributed by atoms with Crippen LogP contribution in [0, 0.1) is 5.41 Å². The second-order valence-corrected chi connectivity index (χ2v) is 28.8. The molecule has 6 amide bonds. The first-order chi connectivity index (χ1) is 41.2. The number of amides is 6. The van der Waals surface area contributed by atoms with E-state index in [4.69, 9.17) is 11.6 Å². The van der Waals surface area contributed by atoms with Crippen LogP contribution in [0.2, 0.25) is 5.02 Å². The molecular weight excluding hydrogens is 1200 g/mol. The van der Waals surface area contributed by atoms with Gasteiger partial charge in [0.1, 0.15) is 4.90 Å². The lowest BCUT2D eigenvalue weighted by Gasteiger charge is -2.45. The standard InChI is InChI=1S/C62H69ClF3N9O9S3/c1-40-35-71(37-42-10-20-52-53(32-42)59(79)75(58(52)78)74-27-24-56(76)68-60(74)80)36-41(2)73(40)26-23-47(39-85-49-8-6-5-7-9-49)67-54-21-19-50(33-55(54)86(81,82)62(64,65)66)87(83,84)69-57(77)44-13-17-48(18-14-44)72-30-28-70(29-31-72)38-45-34-61(3,4)25-22-51(45)43-11-15-46(63)16-12-43/h5-21,32-33,40-41,47,67H,22-31,34-39H2,1-4H3,(H,69,77)(H,68,76,80)/t40?,41?,47-/m1/s1. The normalized spacial score (nSPS) is 20.4.